The first kappa shape index (κ1) is 14.4. The van der Waals surface area contributed by atoms with Crippen molar-refractivity contribution >= 4 is 29.2 Å². The maximum atomic E-state index is 10.2. The molecule has 1 aromatic carbocycles. The molecule has 0 amide bonds. The average molecular weight is 361 g/mol. The molecular weight excluding hydrogens is 355 g/mol. The minimum absolute atomic E-state index is 0. The zero-order valence-corrected chi connectivity index (χ0v) is 11.6. The van der Waals surface area contributed by atoms with E-state index >= 15 is 0 Å². The summed E-state index contributed by atoms with van der Waals surface area (Å²) >= 11 is 11.3. The van der Waals surface area contributed by atoms with E-state index in [1.165, 1.54) is 12.1 Å². The summed E-state index contributed by atoms with van der Waals surface area (Å²) in [5, 5.41) is 9.11. The summed E-state index contributed by atoms with van der Waals surface area (Å²) in [5.74, 6) is -0.737. The van der Waals surface area contributed by atoms with Gasteiger partial charge in [0.15, 0.2) is 6.61 Å². The molecule has 0 aromatic heterocycles. The van der Waals surface area contributed by atoms with Gasteiger partial charge in [0.1, 0.15) is 5.75 Å². The van der Waals surface area contributed by atoms with Crippen molar-refractivity contribution in [3.05, 3.63) is 28.2 Å². The van der Waals surface area contributed by atoms with E-state index < -0.39 is 12.6 Å². The van der Waals surface area contributed by atoms with Crippen LogP contribution in [0.15, 0.2) is 18.2 Å². The molecule has 0 heterocycles. The Morgan fingerprint density at radius 3 is 2.57 bits per heavy atom. The predicted molar refractivity (Wildman–Crippen MR) is 49.6 cm³/mol. The van der Waals surface area contributed by atoms with Crippen LogP contribution in [0.5, 0.6) is 5.75 Å². The maximum Gasteiger partial charge on any atom is 0.341 e. The molecule has 0 aliphatic rings. The molecule has 0 atom stereocenters. The van der Waals surface area contributed by atoms with Crippen LogP contribution >= 0.6 is 23.2 Å². The molecule has 1 aromatic rings. The number of aliphatic carboxylic acids is 1. The summed E-state index contributed by atoms with van der Waals surface area (Å²) in [6.07, 6.45) is 0. The molecule has 0 saturated heterocycles. The molecule has 0 aliphatic heterocycles. The molecule has 0 bridgehead atoms. The SMILES string of the molecule is O=C(O)COc1ccc(Cl)cc1Cl.[Ce]. The van der Waals surface area contributed by atoms with Crippen LogP contribution in [0, 0.1) is 41.7 Å². The largest absolute Gasteiger partial charge is 0.480 e. The molecule has 0 aliphatic carbocycles. The fourth-order valence-corrected chi connectivity index (χ4v) is 1.19. The van der Waals surface area contributed by atoms with Gasteiger partial charge in [-0.2, -0.15) is 0 Å². The first-order chi connectivity index (χ1) is 6.09. The molecule has 3 nitrogen and oxygen atoms in total. The fraction of sp³-hybridized carbons (Fsp3) is 0.125. The Kier molecular flexibility index (Phi) is 7.06. The zero-order valence-electron chi connectivity index (χ0n) is 6.96. The van der Waals surface area contributed by atoms with Crippen molar-refractivity contribution in [2.75, 3.05) is 6.61 Å². The Morgan fingerprint density at radius 1 is 1.43 bits per heavy atom. The molecule has 6 heteroatoms. The first-order valence-corrected chi connectivity index (χ1v) is 4.15. The van der Waals surface area contributed by atoms with Crippen molar-refractivity contribution in [3.63, 3.8) is 0 Å². The number of rotatable bonds is 3. The number of benzene rings is 1. The number of carbonyl (C=O) groups is 1. The second-order valence-electron chi connectivity index (χ2n) is 2.26. The summed E-state index contributed by atoms with van der Waals surface area (Å²) in [4.78, 5) is 10.2. The molecule has 0 unspecified atom stereocenters. The van der Waals surface area contributed by atoms with E-state index in [9.17, 15) is 4.79 Å². The van der Waals surface area contributed by atoms with Gasteiger partial charge < -0.3 is 9.84 Å². The number of carboxylic acid groups (broad SMARTS) is 1. The first-order valence-electron chi connectivity index (χ1n) is 3.39. The van der Waals surface area contributed by atoms with Crippen LogP contribution in [0.25, 0.3) is 0 Å². The normalized spacial score (nSPS) is 9.00. The standard InChI is InChI=1S/C8H6Cl2O3.Ce/c9-5-1-2-7(6(10)3-5)13-4-8(11)12;/h1-3H,4H2,(H,11,12);. The smallest absolute Gasteiger partial charge is 0.341 e. The van der Waals surface area contributed by atoms with E-state index in [-0.39, 0.29) is 41.7 Å². The van der Waals surface area contributed by atoms with Crippen molar-refractivity contribution in [3.8, 4) is 5.75 Å². The van der Waals surface area contributed by atoms with Crippen LogP contribution < -0.4 is 4.74 Å². The monoisotopic (exact) mass is 360 g/mol. The van der Waals surface area contributed by atoms with Crippen LogP contribution in [0.4, 0.5) is 0 Å². The van der Waals surface area contributed by atoms with Gasteiger partial charge in [0.05, 0.1) is 5.02 Å². The van der Waals surface area contributed by atoms with E-state index in [1.54, 1.807) is 6.07 Å². The third-order valence-corrected chi connectivity index (χ3v) is 1.78. The van der Waals surface area contributed by atoms with Gasteiger partial charge in [-0.1, -0.05) is 23.2 Å². The van der Waals surface area contributed by atoms with Crippen molar-refractivity contribution in [1.29, 1.82) is 0 Å². The third kappa shape index (κ3) is 4.79. The molecule has 74 valence electrons. The van der Waals surface area contributed by atoms with Crippen LogP contribution in [0.1, 0.15) is 0 Å². The summed E-state index contributed by atoms with van der Waals surface area (Å²) < 4.78 is 4.86. The van der Waals surface area contributed by atoms with Crippen molar-refractivity contribution in [2.24, 2.45) is 0 Å². The van der Waals surface area contributed by atoms with Crippen LogP contribution in [-0.2, 0) is 4.79 Å². The van der Waals surface area contributed by atoms with Crippen LogP contribution in [0.2, 0.25) is 10.0 Å². The Labute approximate surface area is 125 Å². The molecule has 14 heavy (non-hydrogen) atoms. The number of hydrogen-bond acceptors (Lipinski definition) is 2. The third-order valence-electron chi connectivity index (χ3n) is 1.25. The van der Waals surface area contributed by atoms with Crippen LogP contribution in [0.3, 0.4) is 0 Å². The quantitative estimate of drug-likeness (QED) is 0.900. The van der Waals surface area contributed by atoms with Crippen molar-refractivity contribution in [1.82, 2.24) is 0 Å². The van der Waals surface area contributed by atoms with Gasteiger partial charge in [0, 0.05) is 46.8 Å². The second-order valence-corrected chi connectivity index (χ2v) is 3.10. The summed E-state index contributed by atoms with van der Waals surface area (Å²) in [6.45, 7) is -0.415. The molecule has 1 rings (SSSR count). The summed E-state index contributed by atoms with van der Waals surface area (Å²) in [5.41, 5.74) is 0. The predicted octanol–water partition coefficient (Wildman–Crippen LogP) is 2.46. The topological polar surface area (TPSA) is 46.5 Å². The second kappa shape index (κ2) is 6.84. The molecule has 0 radical (unpaired) electrons. The van der Waals surface area contributed by atoms with Gasteiger partial charge in [0.2, 0.25) is 0 Å². The molecule has 0 fully saturated rings. The van der Waals surface area contributed by atoms with E-state index in [4.69, 9.17) is 33.0 Å². The minimum atomic E-state index is -1.05. The summed E-state index contributed by atoms with van der Waals surface area (Å²) in [7, 11) is 0. The van der Waals surface area contributed by atoms with Crippen molar-refractivity contribution in [2.45, 2.75) is 0 Å². The van der Waals surface area contributed by atoms with Gasteiger partial charge in [-0.15, -0.1) is 0 Å². The molecule has 0 saturated carbocycles. The fourth-order valence-electron chi connectivity index (χ4n) is 0.732. The van der Waals surface area contributed by atoms with Gasteiger partial charge in [-0.25, -0.2) is 4.79 Å². The minimum Gasteiger partial charge on any atom is -0.480 e. The van der Waals surface area contributed by atoms with Crippen molar-refractivity contribution < 1.29 is 56.4 Å². The number of hydrogen-bond donors (Lipinski definition) is 1. The van der Waals surface area contributed by atoms with Gasteiger partial charge in [-0.3, -0.25) is 0 Å². The maximum absolute atomic E-state index is 10.2. The molecular formula is C8H6CeCl2O3. The number of carboxylic acids is 1. The van der Waals surface area contributed by atoms with E-state index in [1.807, 2.05) is 0 Å². The van der Waals surface area contributed by atoms with E-state index in [0.717, 1.165) is 0 Å². The zero-order chi connectivity index (χ0) is 9.84. The van der Waals surface area contributed by atoms with Crippen LogP contribution in [-0.4, -0.2) is 17.7 Å². The van der Waals surface area contributed by atoms with Gasteiger partial charge in [0.25, 0.3) is 0 Å². The van der Waals surface area contributed by atoms with E-state index in [2.05, 4.69) is 0 Å². The molecule has 1 N–H and O–H groups in total. The van der Waals surface area contributed by atoms with Gasteiger partial charge in [-0.05, 0) is 18.2 Å². The Morgan fingerprint density at radius 2 is 2.07 bits per heavy atom. The number of ether oxygens (including phenoxy) is 1. The Bertz CT molecular complexity index is 330. The average Bonchev–Trinajstić information content (AvgIpc) is 2.02. The Hall–Kier alpha value is 0.447. The molecule has 0 spiro atoms. The summed E-state index contributed by atoms with van der Waals surface area (Å²) in [6, 6.07) is 4.58. The van der Waals surface area contributed by atoms with Gasteiger partial charge >= 0.3 is 5.97 Å². The number of halogens is 2. The Balaban J connectivity index is 0.00000169. The van der Waals surface area contributed by atoms with E-state index in [0.29, 0.717) is 15.8 Å².